The molecular formula is C14H32N6. The molecule has 0 fully saturated rings. The zero-order chi connectivity index (χ0) is 15.2. The summed E-state index contributed by atoms with van der Waals surface area (Å²) in [7, 11) is 0. The number of unbranched alkanes of at least 4 members (excludes halogenated alkanes) is 8. The van der Waals surface area contributed by atoms with Crippen molar-refractivity contribution in [3.05, 3.63) is 0 Å². The lowest BCUT2D eigenvalue weighted by Crippen LogP contribution is -2.28. The lowest BCUT2D eigenvalue weighted by molar-refractivity contribution is 0.531. The summed E-state index contributed by atoms with van der Waals surface area (Å²) in [4.78, 5) is 8.02. The first kappa shape index (κ1) is 18.5. The van der Waals surface area contributed by atoms with Gasteiger partial charge in [-0.2, -0.15) is 0 Å². The smallest absolute Gasteiger partial charge is 0.188 e. The Morgan fingerprint density at radius 3 is 1.50 bits per heavy atom. The van der Waals surface area contributed by atoms with E-state index in [2.05, 4.69) is 16.9 Å². The molecule has 0 atom stereocenters. The molecule has 0 rings (SSSR count). The molecule has 118 valence electrons. The number of guanidine groups is 2. The minimum atomic E-state index is -0.338. The predicted octanol–water partition coefficient (Wildman–Crippen LogP) is 1.78. The number of rotatable bonds is 12. The van der Waals surface area contributed by atoms with E-state index in [-0.39, 0.29) is 18.1 Å². The molecule has 0 aliphatic heterocycles. The van der Waals surface area contributed by atoms with Crippen molar-refractivity contribution in [2.24, 2.45) is 32.9 Å². The summed E-state index contributed by atoms with van der Waals surface area (Å²) >= 11 is 0. The molecule has 0 aliphatic carbocycles. The Labute approximate surface area is 123 Å². The molecule has 0 saturated carbocycles. The summed E-state index contributed by atoms with van der Waals surface area (Å²) in [6.45, 7) is 2.24. The zero-order valence-electron chi connectivity index (χ0n) is 12.9. The quantitative estimate of drug-likeness (QED) is 0.247. The topological polar surface area (TPSA) is 129 Å². The van der Waals surface area contributed by atoms with Crippen LogP contribution in [-0.2, 0) is 0 Å². The first-order chi connectivity index (χ1) is 9.56. The number of aliphatic imine (C=N–C) groups is 2. The molecule has 0 spiro atoms. The van der Waals surface area contributed by atoms with Gasteiger partial charge >= 0.3 is 0 Å². The van der Waals surface area contributed by atoms with Crippen molar-refractivity contribution in [1.29, 1.82) is 0 Å². The van der Waals surface area contributed by atoms with Crippen molar-refractivity contribution in [1.82, 2.24) is 0 Å². The zero-order valence-corrected chi connectivity index (χ0v) is 12.9. The molecule has 20 heavy (non-hydrogen) atoms. The molecule has 6 heteroatoms. The average molecular weight is 284 g/mol. The van der Waals surface area contributed by atoms with E-state index in [1.807, 2.05) is 0 Å². The number of hydrogen-bond donors (Lipinski definition) is 4. The van der Waals surface area contributed by atoms with Crippen molar-refractivity contribution in [2.45, 2.75) is 77.3 Å². The molecule has 8 N–H and O–H groups in total. The molecule has 0 heterocycles. The van der Waals surface area contributed by atoms with Crippen LogP contribution in [0.1, 0.15) is 71.1 Å². The molecule has 0 aromatic carbocycles. The Morgan fingerprint density at radius 2 is 1.10 bits per heavy atom. The van der Waals surface area contributed by atoms with E-state index >= 15 is 0 Å². The fourth-order valence-electron chi connectivity index (χ4n) is 2.14. The highest BCUT2D eigenvalue weighted by Crippen LogP contribution is 2.12. The lowest BCUT2D eigenvalue weighted by atomic mass is 10.1. The van der Waals surface area contributed by atoms with Crippen LogP contribution in [-0.4, -0.2) is 18.1 Å². The summed E-state index contributed by atoms with van der Waals surface area (Å²) in [5, 5.41) is 0. The Kier molecular flexibility index (Phi) is 11.7. The molecule has 0 aromatic heterocycles. The van der Waals surface area contributed by atoms with Gasteiger partial charge in [0.1, 0.15) is 6.17 Å². The van der Waals surface area contributed by atoms with Crippen LogP contribution in [0.2, 0.25) is 0 Å². The van der Waals surface area contributed by atoms with E-state index in [1.54, 1.807) is 0 Å². The van der Waals surface area contributed by atoms with E-state index in [0.29, 0.717) is 0 Å². The van der Waals surface area contributed by atoms with Crippen molar-refractivity contribution >= 4 is 11.9 Å². The maximum Gasteiger partial charge on any atom is 0.188 e. The van der Waals surface area contributed by atoms with Crippen LogP contribution in [0.4, 0.5) is 0 Å². The Hall–Kier alpha value is -1.46. The minimum Gasteiger partial charge on any atom is -0.370 e. The molecule has 0 aromatic rings. The second-order valence-corrected chi connectivity index (χ2v) is 5.21. The third-order valence-corrected chi connectivity index (χ3v) is 3.16. The largest absolute Gasteiger partial charge is 0.370 e. The third kappa shape index (κ3) is 13.0. The monoisotopic (exact) mass is 284 g/mol. The van der Waals surface area contributed by atoms with Gasteiger partial charge in [0.25, 0.3) is 0 Å². The third-order valence-electron chi connectivity index (χ3n) is 3.16. The molecule has 6 nitrogen and oxygen atoms in total. The fraction of sp³-hybridized carbons (Fsp3) is 0.857. The van der Waals surface area contributed by atoms with E-state index in [1.165, 1.54) is 51.4 Å². The SMILES string of the molecule is CCCCCCCCCCCC(N=C(N)N)N=C(N)N. The fourth-order valence-corrected chi connectivity index (χ4v) is 2.14. The standard InChI is InChI=1S/C14H32N6/c1-2-3-4-5-6-7-8-9-10-11-12(19-13(15)16)20-14(17)18/h12H,2-11H2,1H3,(H4,15,16,19)(H4,17,18,20). The van der Waals surface area contributed by atoms with Gasteiger partial charge in [-0.05, 0) is 12.8 Å². The number of nitrogens with two attached hydrogens (primary N) is 4. The molecule has 0 bridgehead atoms. The Morgan fingerprint density at radius 1 is 0.700 bits per heavy atom. The highest BCUT2D eigenvalue weighted by atomic mass is 15.1. The van der Waals surface area contributed by atoms with Gasteiger partial charge in [-0.1, -0.05) is 58.3 Å². The first-order valence-electron chi connectivity index (χ1n) is 7.73. The minimum absolute atomic E-state index is 0.0240. The summed E-state index contributed by atoms with van der Waals surface area (Å²) in [6, 6.07) is 0. The molecule has 0 aliphatic rings. The van der Waals surface area contributed by atoms with Crippen LogP contribution >= 0.6 is 0 Å². The van der Waals surface area contributed by atoms with E-state index in [4.69, 9.17) is 22.9 Å². The van der Waals surface area contributed by atoms with Crippen LogP contribution < -0.4 is 22.9 Å². The van der Waals surface area contributed by atoms with Crippen molar-refractivity contribution in [2.75, 3.05) is 0 Å². The average Bonchev–Trinajstić information content (AvgIpc) is 2.35. The van der Waals surface area contributed by atoms with Gasteiger partial charge < -0.3 is 22.9 Å². The van der Waals surface area contributed by atoms with Gasteiger partial charge in [0, 0.05) is 0 Å². The Bertz CT molecular complexity index is 261. The molecule has 0 radical (unpaired) electrons. The van der Waals surface area contributed by atoms with E-state index in [0.717, 1.165) is 12.8 Å². The van der Waals surface area contributed by atoms with Crippen molar-refractivity contribution < 1.29 is 0 Å². The molecule has 0 unspecified atom stereocenters. The van der Waals surface area contributed by atoms with Crippen molar-refractivity contribution in [3.8, 4) is 0 Å². The second-order valence-electron chi connectivity index (χ2n) is 5.21. The molecular weight excluding hydrogens is 252 g/mol. The maximum atomic E-state index is 5.36. The maximum absolute atomic E-state index is 5.36. The summed E-state index contributed by atoms with van der Waals surface area (Å²) in [6.07, 6.45) is 11.9. The van der Waals surface area contributed by atoms with Gasteiger partial charge in [0.2, 0.25) is 0 Å². The van der Waals surface area contributed by atoms with Gasteiger partial charge in [-0.3, -0.25) is 0 Å². The lowest BCUT2D eigenvalue weighted by Gasteiger charge is -2.08. The highest BCUT2D eigenvalue weighted by Gasteiger charge is 2.05. The predicted molar refractivity (Wildman–Crippen MR) is 87.3 cm³/mol. The van der Waals surface area contributed by atoms with Crippen molar-refractivity contribution in [3.63, 3.8) is 0 Å². The van der Waals surface area contributed by atoms with Crippen LogP contribution in [0.3, 0.4) is 0 Å². The van der Waals surface area contributed by atoms with E-state index < -0.39 is 0 Å². The van der Waals surface area contributed by atoms with Gasteiger partial charge in [-0.15, -0.1) is 0 Å². The van der Waals surface area contributed by atoms with Gasteiger partial charge in [0.15, 0.2) is 11.9 Å². The van der Waals surface area contributed by atoms with Crippen LogP contribution in [0.15, 0.2) is 9.98 Å². The number of hydrogen-bond acceptors (Lipinski definition) is 2. The summed E-state index contributed by atoms with van der Waals surface area (Å²) < 4.78 is 0. The van der Waals surface area contributed by atoms with E-state index in [9.17, 15) is 0 Å². The Balaban J connectivity index is 3.64. The van der Waals surface area contributed by atoms with Crippen LogP contribution in [0.25, 0.3) is 0 Å². The van der Waals surface area contributed by atoms with Gasteiger partial charge in [-0.25, -0.2) is 9.98 Å². The molecule has 0 amide bonds. The first-order valence-corrected chi connectivity index (χ1v) is 7.73. The summed E-state index contributed by atoms with van der Waals surface area (Å²) in [5.41, 5.74) is 21.4. The highest BCUT2D eigenvalue weighted by molar-refractivity contribution is 5.77. The normalized spacial score (nSPS) is 10.5. The van der Waals surface area contributed by atoms with Crippen LogP contribution in [0.5, 0.6) is 0 Å². The molecule has 0 saturated heterocycles. The van der Waals surface area contributed by atoms with Crippen LogP contribution in [0, 0.1) is 0 Å². The summed E-state index contributed by atoms with van der Waals surface area (Å²) in [5.74, 6) is 0.0480. The van der Waals surface area contributed by atoms with Gasteiger partial charge in [0.05, 0.1) is 0 Å². The number of nitrogens with zero attached hydrogens (tertiary/aromatic N) is 2. The second kappa shape index (κ2) is 12.6.